The first-order valence-electron chi connectivity index (χ1n) is 8.62. The lowest BCUT2D eigenvalue weighted by Gasteiger charge is -2.16. The number of benzene rings is 2. The number of halogens is 2. The number of nitrogens with one attached hydrogen (secondary N) is 1. The predicted octanol–water partition coefficient (Wildman–Crippen LogP) is 4.47. The molecule has 0 radical (unpaired) electrons. The Morgan fingerprint density at radius 2 is 1.96 bits per heavy atom. The van der Waals surface area contributed by atoms with Gasteiger partial charge in [-0.15, -0.1) is 0 Å². The van der Waals surface area contributed by atoms with Crippen molar-refractivity contribution < 1.29 is 23.4 Å². The Labute approximate surface area is 163 Å². The predicted molar refractivity (Wildman–Crippen MR) is 103 cm³/mol. The van der Waals surface area contributed by atoms with Crippen LogP contribution in [0.1, 0.15) is 30.6 Å². The number of rotatable bonds is 9. The van der Waals surface area contributed by atoms with Crippen LogP contribution in [0, 0.1) is 5.82 Å². The van der Waals surface area contributed by atoms with E-state index >= 15 is 0 Å². The second-order valence-electron chi connectivity index (χ2n) is 6.04. The fourth-order valence-corrected chi connectivity index (χ4v) is 2.58. The lowest BCUT2D eigenvalue weighted by Crippen LogP contribution is -2.25. The van der Waals surface area contributed by atoms with Gasteiger partial charge in [0.05, 0.1) is 24.8 Å². The van der Waals surface area contributed by atoms with Crippen LogP contribution >= 0.6 is 11.6 Å². The van der Waals surface area contributed by atoms with Crippen LogP contribution in [-0.4, -0.2) is 32.3 Å². The van der Waals surface area contributed by atoms with Gasteiger partial charge in [0, 0.05) is 12.1 Å². The van der Waals surface area contributed by atoms with E-state index in [2.05, 4.69) is 5.32 Å². The molecule has 2 aromatic rings. The van der Waals surface area contributed by atoms with Crippen LogP contribution < -0.4 is 19.5 Å². The molecule has 1 N–H and O–H groups in total. The van der Waals surface area contributed by atoms with E-state index in [9.17, 15) is 9.18 Å². The van der Waals surface area contributed by atoms with Crippen LogP contribution in [0.25, 0.3) is 0 Å². The van der Waals surface area contributed by atoms with Crippen LogP contribution in [-0.2, 0) is 0 Å². The molecule has 7 heteroatoms. The van der Waals surface area contributed by atoms with Gasteiger partial charge in [-0.3, -0.25) is 4.79 Å². The molecular weight excluding hydrogens is 373 g/mol. The van der Waals surface area contributed by atoms with Crippen molar-refractivity contribution in [2.45, 2.75) is 26.4 Å². The summed E-state index contributed by atoms with van der Waals surface area (Å²) >= 11 is 6.23. The van der Waals surface area contributed by atoms with Crippen LogP contribution in [0.3, 0.4) is 0 Å². The molecule has 0 bridgehead atoms. The van der Waals surface area contributed by atoms with Gasteiger partial charge in [0.1, 0.15) is 0 Å². The maximum absolute atomic E-state index is 13.4. The average Bonchev–Trinajstić information content (AvgIpc) is 2.63. The summed E-state index contributed by atoms with van der Waals surface area (Å²) in [4.78, 5) is 12.3. The van der Waals surface area contributed by atoms with Crippen molar-refractivity contribution >= 4 is 17.5 Å². The monoisotopic (exact) mass is 395 g/mol. The smallest absolute Gasteiger partial charge is 0.251 e. The molecule has 0 aromatic heterocycles. The lowest BCUT2D eigenvalue weighted by molar-refractivity contribution is 0.0951. The fraction of sp³-hybridized carbons (Fsp3) is 0.350. The highest BCUT2D eigenvalue weighted by molar-refractivity contribution is 6.32. The van der Waals surface area contributed by atoms with E-state index in [1.807, 2.05) is 13.8 Å². The maximum atomic E-state index is 13.4. The van der Waals surface area contributed by atoms with Gasteiger partial charge in [-0.25, -0.2) is 4.39 Å². The summed E-state index contributed by atoms with van der Waals surface area (Å²) in [6.07, 6.45) is 0.449. The molecule has 1 amide bonds. The van der Waals surface area contributed by atoms with Crippen LogP contribution in [0.15, 0.2) is 36.4 Å². The van der Waals surface area contributed by atoms with Gasteiger partial charge in [-0.2, -0.15) is 0 Å². The van der Waals surface area contributed by atoms with Crippen molar-refractivity contribution in [2.75, 3.05) is 20.3 Å². The molecule has 0 saturated carbocycles. The number of hydrogen-bond acceptors (Lipinski definition) is 4. The zero-order valence-corrected chi connectivity index (χ0v) is 16.3. The number of methoxy groups -OCH3 is 1. The fourth-order valence-electron chi connectivity index (χ4n) is 2.32. The van der Waals surface area contributed by atoms with Crippen LogP contribution in [0.2, 0.25) is 5.02 Å². The summed E-state index contributed by atoms with van der Waals surface area (Å²) in [5.74, 6) is 0.290. The first-order chi connectivity index (χ1) is 12.9. The highest BCUT2D eigenvalue weighted by Crippen LogP contribution is 2.37. The summed E-state index contributed by atoms with van der Waals surface area (Å²) in [5.41, 5.74) is 0.364. The summed E-state index contributed by atoms with van der Waals surface area (Å²) in [7, 11) is 1.49. The first kappa shape index (κ1) is 20.8. The van der Waals surface area contributed by atoms with Crippen molar-refractivity contribution in [3.05, 3.63) is 52.8 Å². The topological polar surface area (TPSA) is 56.8 Å². The molecule has 0 saturated heterocycles. The molecule has 5 nitrogen and oxygen atoms in total. The van der Waals surface area contributed by atoms with E-state index in [1.54, 1.807) is 24.3 Å². The van der Waals surface area contributed by atoms with Gasteiger partial charge in [-0.05, 0) is 44.5 Å². The van der Waals surface area contributed by atoms with Crippen LogP contribution in [0.5, 0.6) is 17.2 Å². The maximum Gasteiger partial charge on any atom is 0.251 e. The van der Waals surface area contributed by atoms with Crippen molar-refractivity contribution in [2.24, 2.45) is 0 Å². The minimum absolute atomic E-state index is 0.0782. The molecular formula is C20H23ClFNO4. The molecule has 2 rings (SSSR count). The van der Waals surface area contributed by atoms with Gasteiger partial charge in [0.15, 0.2) is 23.1 Å². The molecule has 0 aliphatic heterocycles. The SMILES string of the molecule is COc1cc(C(=O)NCCCOc2ccccc2F)cc(Cl)c1OC(C)C. The van der Waals surface area contributed by atoms with Crippen molar-refractivity contribution in [1.82, 2.24) is 5.32 Å². The zero-order valence-electron chi connectivity index (χ0n) is 15.6. The Morgan fingerprint density at radius 3 is 2.63 bits per heavy atom. The van der Waals surface area contributed by atoms with Gasteiger partial charge in [0.2, 0.25) is 0 Å². The Hall–Kier alpha value is -2.47. The van der Waals surface area contributed by atoms with E-state index in [1.165, 1.54) is 19.2 Å². The first-order valence-corrected chi connectivity index (χ1v) is 9.00. The quantitative estimate of drug-likeness (QED) is 0.636. The Bertz CT molecular complexity index is 783. The lowest BCUT2D eigenvalue weighted by atomic mass is 10.2. The average molecular weight is 396 g/mol. The third-order valence-electron chi connectivity index (χ3n) is 3.55. The number of para-hydroxylation sites is 1. The number of ether oxygens (including phenoxy) is 3. The minimum atomic E-state index is -0.410. The molecule has 0 heterocycles. The molecule has 0 aliphatic carbocycles. The standard InChI is InChI=1S/C20H23ClFNO4/c1-13(2)27-19-15(21)11-14(12-18(19)25-3)20(24)23-9-6-10-26-17-8-5-4-7-16(17)22/h4-5,7-8,11-13H,6,9-10H2,1-3H3,(H,23,24). The van der Waals surface area contributed by atoms with E-state index in [0.717, 1.165) is 0 Å². The second kappa shape index (κ2) is 10.0. The third kappa shape index (κ3) is 6.03. The summed E-state index contributed by atoms with van der Waals surface area (Å²) in [6, 6.07) is 9.30. The van der Waals surface area contributed by atoms with Gasteiger partial charge >= 0.3 is 0 Å². The Morgan fingerprint density at radius 1 is 1.22 bits per heavy atom. The molecule has 0 fully saturated rings. The Balaban J connectivity index is 1.88. The van der Waals surface area contributed by atoms with E-state index in [4.69, 9.17) is 25.8 Å². The van der Waals surface area contributed by atoms with E-state index < -0.39 is 5.82 Å². The molecule has 146 valence electrons. The van der Waals surface area contributed by atoms with Crippen molar-refractivity contribution in [3.8, 4) is 17.2 Å². The van der Waals surface area contributed by atoms with E-state index in [-0.39, 0.29) is 24.4 Å². The number of carbonyl (C=O) groups is 1. The minimum Gasteiger partial charge on any atom is -0.493 e. The number of carbonyl (C=O) groups excluding carboxylic acids is 1. The molecule has 2 aromatic carbocycles. The molecule has 0 spiro atoms. The largest absolute Gasteiger partial charge is 0.493 e. The van der Waals surface area contributed by atoms with Gasteiger partial charge in [-0.1, -0.05) is 23.7 Å². The zero-order chi connectivity index (χ0) is 19.8. The number of hydrogen-bond donors (Lipinski definition) is 1. The highest BCUT2D eigenvalue weighted by atomic mass is 35.5. The number of amides is 1. The highest BCUT2D eigenvalue weighted by Gasteiger charge is 2.16. The normalized spacial score (nSPS) is 10.6. The van der Waals surface area contributed by atoms with Gasteiger partial charge in [0.25, 0.3) is 5.91 Å². The second-order valence-corrected chi connectivity index (χ2v) is 6.45. The molecule has 0 aliphatic rings. The Kier molecular flexibility index (Phi) is 7.73. The summed E-state index contributed by atoms with van der Waals surface area (Å²) in [5, 5.41) is 3.07. The van der Waals surface area contributed by atoms with Crippen molar-refractivity contribution in [1.29, 1.82) is 0 Å². The molecule has 0 atom stereocenters. The van der Waals surface area contributed by atoms with Crippen molar-refractivity contribution in [3.63, 3.8) is 0 Å². The third-order valence-corrected chi connectivity index (χ3v) is 3.83. The summed E-state index contributed by atoms with van der Waals surface area (Å²) in [6.45, 7) is 4.41. The molecule has 0 unspecified atom stereocenters. The van der Waals surface area contributed by atoms with Crippen LogP contribution in [0.4, 0.5) is 4.39 Å². The van der Waals surface area contributed by atoms with Gasteiger partial charge < -0.3 is 19.5 Å². The summed E-state index contributed by atoms with van der Waals surface area (Å²) < 4.78 is 29.7. The molecule has 27 heavy (non-hydrogen) atoms. The van der Waals surface area contributed by atoms with E-state index in [0.29, 0.717) is 35.1 Å².